The molecule has 0 aromatic carbocycles. The zero-order chi connectivity index (χ0) is 40.9. The van der Waals surface area contributed by atoms with Crippen molar-refractivity contribution in [3.05, 3.63) is 85.1 Å². The Morgan fingerprint density at radius 3 is 1.50 bits per heavy atom. The number of esters is 1. The van der Waals surface area contributed by atoms with Gasteiger partial charge in [0.05, 0.1) is 19.8 Å². The predicted molar refractivity (Wildman–Crippen MR) is 238 cm³/mol. The first kappa shape index (κ1) is 53.7. The fourth-order valence-electron chi connectivity index (χ4n) is 5.62. The number of carbonyl (C=O) groups excluding carboxylic acids is 1. The molecule has 0 fully saturated rings. The molecule has 0 aromatic rings. The Balaban J connectivity index is 4.06. The fourth-order valence-corrected chi connectivity index (χ4v) is 6.39. The second-order valence-electron chi connectivity index (χ2n) is 14.2. The van der Waals surface area contributed by atoms with Crippen LogP contribution in [0.1, 0.15) is 168 Å². The molecule has 0 rings (SSSR count). The second-order valence-corrected chi connectivity index (χ2v) is 15.6. The Labute approximate surface area is 343 Å². The summed E-state index contributed by atoms with van der Waals surface area (Å²) in [6.07, 6.45) is 56.1. The highest BCUT2D eigenvalue weighted by molar-refractivity contribution is 7.47. The van der Waals surface area contributed by atoms with Gasteiger partial charge in [0, 0.05) is 19.6 Å². The summed E-state index contributed by atoms with van der Waals surface area (Å²) >= 11 is 0. The van der Waals surface area contributed by atoms with Crippen LogP contribution in [0.3, 0.4) is 0 Å². The summed E-state index contributed by atoms with van der Waals surface area (Å²) in [6.45, 7) is 4.71. The molecule has 0 aromatic heterocycles. The van der Waals surface area contributed by atoms with Crippen LogP contribution in [0.15, 0.2) is 85.1 Å². The van der Waals surface area contributed by atoms with Crippen molar-refractivity contribution in [2.75, 3.05) is 33.0 Å². The molecular formula is C47H82NO7P. The van der Waals surface area contributed by atoms with Crippen LogP contribution < -0.4 is 5.73 Å². The molecule has 0 heterocycles. The molecule has 2 atom stereocenters. The standard InChI is InChI=1S/C47H82NO7P/c1-3-5-7-9-11-13-15-16-17-18-19-20-21-22-23-24-25-26-27-28-29-31-33-35-37-39-42-52-44-46(45-54-56(50,51)53-43-41-48)55-47(49)40-38-36-34-32-30-14-12-10-8-6-4-2/h5,7,11,13,16-17,19-20,22-23,25-26,28-29,46H,3-4,6,8-10,12,14-15,18,21,24,27,30-45,48H2,1-2H3,(H,50,51)/b7-5-,13-11-,17-16-,20-19-,23-22-,26-25-,29-28-. The maximum atomic E-state index is 12.5. The van der Waals surface area contributed by atoms with Gasteiger partial charge in [0.2, 0.25) is 0 Å². The molecule has 8 nitrogen and oxygen atoms in total. The van der Waals surface area contributed by atoms with Gasteiger partial charge in [0.25, 0.3) is 0 Å². The largest absolute Gasteiger partial charge is 0.472 e. The Hall–Kier alpha value is -2.32. The number of ether oxygens (including phenoxy) is 2. The first-order valence-electron chi connectivity index (χ1n) is 22.1. The minimum atomic E-state index is -4.29. The van der Waals surface area contributed by atoms with Crippen molar-refractivity contribution in [2.45, 2.75) is 174 Å². The van der Waals surface area contributed by atoms with Crippen LogP contribution in [0.5, 0.6) is 0 Å². The average molecular weight is 804 g/mol. The zero-order valence-electron chi connectivity index (χ0n) is 35.6. The van der Waals surface area contributed by atoms with Gasteiger partial charge in [-0.3, -0.25) is 13.8 Å². The molecule has 9 heteroatoms. The third-order valence-corrected chi connectivity index (χ3v) is 9.81. The lowest BCUT2D eigenvalue weighted by Gasteiger charge is -2.20. The molecular weight excluding hydrogens is 721 g/mol. The first-order valence-corrected chi connectivity index (χ1v) is 23.6. The van der Waals surface area contributed by atoms with Gasteiger partial charge >= 0.3 is 13.8 Å². The zero-order valence-corrected chi connectivity index (χ0v) is 36.5. The van der Waals surface area contributed by atoms with Crippen LogP contribution in [0, 0.1) is 0 Å². The fraction of sp³-hybridized carbons (Fsp3) is 0.681. The average Bonchev–Trinajstić information content (AvgIpc) is 3.19. The van der Waals surface area contributed by atoms with Crippen molar-refractivity contribution in [2.24, 2.45) is 5.73 Å². The Morgan fingerprint density at radius 1 is 0.554 bits per heavy atom. The van der Waals surface area contributed by atoms with Gasteiger partial charge in [-0.15, -0.1) is 0 Å². The van der Waals surface area contributed by atoms with E-state index >= 15 is 0 Å². The first-order chi connectivity index (χ1) is 27.4. The van der Waals surface area contributed by atoms with Crippen molar-refractivity contribution >= 4 is 13.8 Å². The van der Waals surface area contributed by atoms with E-state index in [0.29, 0.717) is 13.0 Å². The van der Waals surface area contributed by atoms with Crippen LogP contribution in [-0.2, 0) is 27.9 Å². The van der Waals surface area contributed by atoms with Gasteiger partial charge in [-0.2, -0.15) is 0 Å². The number of nitrogens with two attached hydrogens (primary N) is 1. The third kappa shape index (κ3) is 42.8. The number of rotatable bonds is 41. The van der Waals surface area contributed by atoms with E-state index in [1.165, 1.54) is 51.4 Å². The van der Waals surface area contributed by atoms with Gasteiger partial charge in [-0.25, -0.2) is 4.57 Å². The van der Waals surface area contributed by atoms with Gasteiger partial charge < -0.3 is 20.1 Å². The van der Waals surface area contributed by atoms with Crippen molar-refractivity contribution < 1.29 is 32.8 Å². The van der Waals surface area contributed by atoms with E-state index in [9.17, 15) is 14.3 Å². The van der Waals surface area contributed by atoms with Crippen LogP contribution in [0.25, 0.3) is 0 Å². The molecule has 0 saturated heterocycles. The number of carbonyl (C=O) groups is 1. The Bertz CT molecular complexity index is 1130. The molecule has 0 radical (unpaired) electrons. The van der Waals surface area contributed by atoms with E-state index in [4.69, 9.17) is 24.3 Å². The lowest BCUT2D eigenvalue weighted by atomic mass is 10.1. The van der Waals surface area contributed by atoms with E-state index in [0.717, 1.165) is 96.3 Å². The molecule has 0 aliphatic carbocycles. The molecule has 0 saturated carbocycles. The second kappa shape index (κ2) is 43.8. The summed E-state index contributed by atoms with van der Waals surface area (Å²) in [6, 6.07) is 0. The van der Waals surface area contributed by atoms with E-state index in [1.54, 1.807) is 0 Å². The van der Waals surface area contributed by atoms with Gasteiger partial charge in [0.15, 0.2) is 0 Å². The van der Waals surface area contributed by atoms with Crippen molar-refractivity contribution in [3.63, 3.8) is 0 Å². The molecule has 0 bridgehead atoms. The highest BCUT2D eigenvalue weighted by atomic mass is 31.2. The van der Waals surface area contributed by atoms with Crippen LogP contribution in [0.2, 0.25) is 0 Å². The summed E-state index contributed by atoms with van der Waals surface area (Å²) < 4.78 is 33.4. The number of phosphoric acid groups is 1. The number of hydrogen-bond acceptors (Lipinski definition) is 7. The summed E-state index contributed by atoms with van der Waals surface area (Å²) in [5.74, 6) is -0.345. The topological polar surface area (TPSA) is 117 Å². The van der Waals surface area contributed by atoms with Crippen molar-refractivity contribution in [3.8, 4) is 0 Å². The third-order valence-electron chi connectivity index (χ3n) is 8.83. The number of hydrogen-bond donors (Lipinski definition) is 2. The number of allylic oxidation sites excluding steroid dienone is 14. The van der Waals surface area contributed by atoms with Gasteiger partial charge in [-0.05, 0) is 70.6 Å². The molecule has 0 spiro atoms. The summed E-state index contributed by atoms with van der Waals surface area (Å²) in [4.78, 5) is 22.4. The monoisotopic (exact) mass is 804 g/mol. The number of unbranched alkanes of at least 4 members (excludes halogenated alkanes) is 14. The van der Waals surface area contributed by atoms with E-state index in [-0.39, 0.29) is 32.3 Å². The summed E-state index contributed by atoms with van der Waals surface area (Å²) in [5, 5.41) is 0. The lowest BCUT2D eigenvalue weighted by Crippen LogP contribution is -2.28. The molecule has 322 valence electrons. The van der Waals surface area contributed by atoms with E-state index in [1.807, 2.05) is 0 Å². The molecule has 56 heavy (non-hydrogen) atoms. The van der Waals surface area contributed by atoms with Crippen molar-refractivity contribution in [1.82, 2.24) is 0 Å². The Morgan fingerprint density at radius 2 is 1.00 bits per heavy atom. The maximum Gasteiger partial charge on any atom is 0.472 e. The van der Waals surface area contributed by atoms with Crippen LogP contribution >= 0.6 is 7.82 Å². The summed E-state index contributed by atoms with van der Waals surface area (Å²) in [7, 11) is -4.29. The minimum absolute atomic E-state index is 0.0923. The lowest BCUT2D eigenvalue weighted by molar-refractivity contribution is -0.154. The SMILES string of the molecule is CC/C=C\C/C=C\C/C=C\C/C=C\C/C=C\C/C=C\C/C=C\CCCCCCOCC(COP(=O)(O)OCCN)OC(=O)CCCCCCCCCCCCC. The summed E-state index contributed by atoms with van der Waals surface area (Å²) in [5.41, 5.74) is 5.36. The Kier molecular flexibility index (Phi) is 42.0. The normalized spacial score (nSPS) is 14.3. The molecule has 0 amide bonds. The van der Waals surface area contributed by atoms with E-state index < -0.39 is 13.9 Å². The highest BCUT2D eigenvalue weighted by Crippen LogP contribution is 2.43. The minimum Gasteiger partial charge on any atom is -0.457 e. The predicted octanol–water partition coefficient (Wildman–Crippen LogP) is 13.3. The molecule has 0 aliphatic heterocycles. The quantitative estimate of drug-likeness (QED) is 0.0272. The smallest absolute Gasteiger partial charge is 0.457 e. The molecule has 0 aliphatic rings. The molecule has 2 unspecified atom stereocenters. The van der Waals surface area contributed by atoms with E-state index in [2.05, 4.69) is 98.9 Å². The van der Waals surface area contributed by atoms with Crippen molar-refractivity contribution in [1.29, 1.82) is 0 Å². The van der Waals surface area contributed by atoms with Gasteiger partial charge in [0.1, 0.15) is 6.10 Å². The van der Waals surface area contributed by atoms with Crippen LogP contribution in [-0.4, -0.2) is 49.9 Å². The maximum absolute atomic E-state index is 12.5. The van der Waals surface area contributed by atoms with Crippen LogP contribution in [0.4, 0.5) is 0 Å². The molecule has 3 N–H and O–H groups in total. The van der Waals surface area contributed by atoms with Gasteiger partial charge in [-0.1, -0.05) is 176 Å². The highest BCUT2D eigenvalue weighted by Gasteiger charge is 2.25. The number of phosphoric ester groups is 1.